The number of nitrogens with zero attached hydrogens (tertiary/aromatic N) is 3. The summed E-state index contributed by atoms with van der Waals surface area (Å²) in [4.78, 5) is 24.9. The molecule has 2 aromatic heterocycles. The number of benzene rings is 2. The normalized spacial score (nSPS) is 10.9. The van der Waals surface area contributed by atoms with Crippen LogP contribution in [0.4, 0.5) is 5.13 Å². The fourth-order valence-corrected chi connectivity index (χ4v) is 5.07. The second-order valence-electron chi connectivity index (χ2n) is 7.85. The number of hydrogen-bond donors (Lipinski definition) is 0. The summed E-state index contributed by atoms with van der Waals surface area (Å²) in [7, 11) is 0. The van der Waals surface area contributed by atoms with Crippen molar-refractivity contribution in [1.82, 2.24) is 9.97 Å². The number of fused-ring (bicyclic) bond motifs is 1. The van der Waals surface area contributed by atoms with Gasteiger partial charge in [0.2, 0.25) is 5.75 Å². The molecule has 1 amide bonds. The molecule has 0 unspecified atom stereocenters. The molecule has 0 aliphatic heterocycles. The SMILES string of the molecule is CCOc1cc(C(=O)N(Cc2ccccn2)c2nc3c(C)ccc(Cl)c3s2)cc(OCC)c1OCC. The Morgan fingerprint density at radius 1 is 1.00 bits per heavy atom. The van der Waals surface area contributed by atoms with Gasteiger partial charge in [-0.25, -0.2) is 4.98 Å². The highest BCUT2D eigenvalue weighted by molar-refractivity contribution is 7.23. The maximum Gasteiger partial charge on any atom is 0.260 e. The third-order valence-corrected chi connectivity index (χ3v) is 6.90. The van der Waals surface area contributed by atoms with E-state index in [0.29, 0.717) is 52.8 Å². The molecule has 0 saturated carbocycles. The molecule has 9 heteroatoms. The highest BCUT2D eigenvalue weighted by Gasteiger charge is 2.26. The number of aromatic nitrogens is 2. The van der Waals surface area contributed by atoms with Crippen molar-refractivity contribution in [2.45, 2.75) is 34.2 Å². The van der Waals surface area contributed by atoms with Crippen LogP contribution >= 0.6 is 22.9 Å². The lowest BCUT2D eigenvalue weighted by atomic mass is 10.1. The number of aryl methyl sites for hydroxylation is 1. The van der Waals surface area contributed by atoms with E-state index in [2.05, 4.69) is 4.98 Å². The first kappa shape index (κ1) is 25.7. The molecule has 0 N–H and O–H groups in total. The molecule has 7 nitrogen and oxygen atoms in total. The van der Waals surface area contributed by atoms with Gasteiger partial charge in [0.25, 0.3) is 5.91 Å². The van der Waals surface area contributed by atoms with Gasteiger partial charge < -0.3 is 14.2 Å². The first-order valence-corrected chi connectivity index (χ1v) is 13.0. The van der Waals surface area contributed by atoms with E-state index in [-0.39, 0.29) is 12.5 Å². The third kappa shape index (κ3) is 5.39. The maximum absolute atomic E-state index is 14.1. The number of hydrogen-bond acceptors (Lipinski definition) is 7. The lowest BCUT2D eigenvalue weighted by Crippen LogP contribution is -2.30. The Morgan fingerprint density at radius 2 is 1.69 bits per heavy atom. The van der Waals surface area contributed by atoms with Crippen molar-refractivity contribution in [3.8, 4) is 17.2 Å². The summed E-state index contributed by atoms with van der Waals surface area (Å²) in [5.41, 5.74) is 2.88. The molecule has 4 aromatic rings. The minimum Gasteiger partial charge on any atom is -0.490 e. The van der Waals surface area contributed by atoms with Crippen LogP contribution in [-0.4, -0.2) is 35.7 Å². The molecule has 0 atom stereocenters. The highest BCUT2D eigenvalue weighted by atomic mass is 35.5. The molecular formula is C27H28ClN3O4S. The van der Waals surface area contributed by atoms with Crippen molar-refractivity contribution in [2.24, 2.45) is 0 Å². The van der Waals surface area contributed by atoms with E-state index in [1.165, 1.54) is 11.3 Å². The van der Waals surface area contributed by atoms with Crippen LogP contribution in [0.25, 0.3) is 10.2 Å². The Bertz CT molecular complexity index is 1290. The summed E-state index contributed by atoms with van der Waals surface area (Å²) in [6, 6.07) is 12.8. The minimum atomic E-state index is -0.265. The largest absolute Gasteiger partial charge is 0.490 e. The summed E-state index contributed by atoms with van der Waals surface area (Å²) < 4.78 is 18.3. The van der Waals surface area contributed by atoms with Gasteiger partial charge in [-0.05, 0) is 63.6 Å². The molecule has 36 heavy (non-hydrogen) atoms. The first-order chi connectivity index (χ1) is 17.5. The molecule has 0 fully saturated rings. The second-order valence-corrected chi connectivity index (χ2v) is 9.24. The fourth-order valence-electron chi connectivity index (χ4n) is 3.75. The van der Waals surface area contributed by atoms with Crippen molar-refractivity contribution in [1.29, 1.82) is 0 Å². The van der Waals surface area contributed by atoms with Gasteiger partial charge in [0, 0.05) is 11.8 Å². The standard InChI is InChI=1S/C27H28ClN3O4S/c1-5-33-21-14-18(15-22(34-6-2)24(21)35-7-3)26(32)31(16-19-10-8-9-13-29-19)27-30-23-17(4)11-12-20(28)25(23)36-27/h8-15H,5-7,16H2,1-4H3. The van der Waals surface area contributed by atoms with Gasteiger partial charge in [0.05, 0.1) is 47.3 Å². The first-order valence-electron chi connectivity index (χ1n) is 11.8. The van der Waals surface area contributed by atoms with Crippen LogP contribution in [0.1, 0.15) is 42.4 Å². The van der Waals surface area contributed by atoms with E-state index in [1.807, 2.05) is 58.0 Å². The van der Waals surface area contributed by atoms with E-state index >= 15 is 0 Å². The number of halogens is 1. The molecular weight excluding hydrogens is 498 g/mol. The predicted molar refractivity (Wildman–Crippen MR) is 144 cm³/mol. The quantitative estimate of drug-likeness (QED) is 0.229. The zero-order chi connectivity index (χ0) is 25.7. The van der Waals surface area contributed by atoms with E-state index in [9.17, 15) is 4.79 Å². The molecule has 0 aliphatic carbocycles. The zero-order valence-corrected chi connectivity index (χ0v) is 22.3. The van der Waals surface area contributed by atoms with Crippen LogP contribution in [0, 0.1) is 6.92 Å². The van der Waals surface area contributed by atoms with Crippen molar-refractivity contribution >= 4 is 44.2 Å². The Morgan fingerprint density at radius 3 is 2.28 bits per heavy atom. The summed E-state index contributed by atoms with van der Waals surface area (Å²) in [5.74, 6) is 1.12. The Labute approximate surface area is 219 Å². The molecule has 2 aromatic carbocycles. The van der Waals surface area contributed by atoms with Gasteiger partial charge in [-0.1, -0.05) is 35.1 Å². The summed E-state index contributed by atoms with van der Waals surface area (Å²) in [5, 5.41) is 1.13. The van der Waals surface area contributed by atoms with E-state index in [0.717, 1.165) is 21.5 Å². The van der Waals surface area contributed by atoms with E-state index in [4.69, 9.17) is 30.8 Å². The minimum absolute atomic E-state index is 0.233. The van der Waals surface area contributed by atoms with Crippen LogP contribution in [0.5, 0.6) is 17.2 Å². The van der Waals surface area contributed by atoms with E-state index < -0.39 is 0 Å². The van der Waals surface area contributed by atoms with Crippen LogP contribution in [-0.2, 0) is 6.54 Å². The molecule has 2 heterocycles. The van der Waals surface area contributed by atoms with Gasteiger partial charge in [0.15, 0.2) is 16.6 Å². The van der Waals surface area contributed by atoms with Crippen LogP contribution in [0.15, 0.2) is 48.7 Å². The number of rotatable bonds is 10. The fraction of sp³-hybridized carbons (Fsp3) is 0.296. The average molecular weight is 526 g/mol. The monoisotopic (exact) mass is 525 g/mol. The number of amides is 1. The summed E-state index contributed by atoms with van der Waals surface area (Å²) in [6.45, 7) is 9.12. The number of thiazole rings is 1. The van der Waals surface area contributed by atoms with Crippen LogP contribution < -0.4 is 19.1 Å². The topological polar surface area (TPSA) is 73.8 Å². The van der Waals surface area contributed by atoms with Crippen molar-refractivity contribution in [3.63, 3.8) is 0 Å². The molecule has 0 radical (unpaired) electrons. The number of ether oxygens (including phenoxy) is 3. The Balaban J connectivity index is 1.84. The summed E-state index contributed by atoms with van der Waals surface area (Å²) in [6.07, 6.45) is 1.70. The molecule has 0 spiro atoms. The number of pyridine rings is 1. The smallest absolute Gasteiger partial charge is 0.260 e. The van der Waals surface area contributed by atoms with Gasteiger partial charge in [-0.3, -0.25) is 14.7 Å². The van der Waals surface area contributed by atoms with Crippen molar-refractivity contribution in [3.05, 3.63) is 70.5 Å². The Kier molecular flexibility index (Phi) is 8.28. The third-order valence-electron chi connectivity index (χ3n) is 5.36. The average Bonchev–Trinajstić information content (AvgIpc) is 3.34. The van der Waals surface area contributed by atoms with Crippen LogP contribution in [0.3, 0.4) is 0 Å². The lowest BCUT2D eigenvalue weighted by molar-refractivity contribution is 0.0983. The molecule has 188 valence electrons. The second kappa shape index (κ2) is 11.6. The molecule has 0 bridgehead atoms. The zero-order valence-electron chi connectivity index (χ0n) is 20.7. The van der Waals surface area contributed by atoms with Crippen molar-refractivity contribution < 1.29 is 19.0 Å². The molecule has 4 rings (SSSR count). The van der Waals surface area contributed by atoms with E-state index in [1.54, 1.807) is 23.2 Å². The maximum atomic E-state index is 14.1. The lowest BCUT2D eigenvalue weighted by Gasteiger charge is -2.22. The van der Waals surface area contributed by atoms with Gasteiger partial charge in [0.1, 0.15) is 0 Å². The Hall–Kier alpha value is -3.36. The van der Waals surface area contributed by atoms with Crippen molar-refractivity contribution in [2.75, 3.05) is 24.7 Å². The number of carbonyl (C=O) groups excluding carboxylic acids is 1. The number of anilines is 1. The van der Waals surface area contributed by atoms with Gasteiger partial charge in [-0.15, -0.1) is 0 Å². The summed E-state index contributed by atoms with van der Waals surface area (Å²) >= 11 is 7.85. The van der Waals surface area contributed by atoms with Gasteiger partial charge >= 0.3 is 0 Å². The van der Waals surface area contributed by atoms with Crippen LogP contribution in [0.2, 0.25) is 5.02 Å². The molecule has 0 saturated heterocycles. The predicted octanol–water partition coefficient (Wildman–Crippen LogP) is 6.70. The highest BCUT2D eigenvalue weighted by Crippen LogP contribution is 2.41. The van der Waals surface area contributed by atoms with Gasteiger partial charge in [-0.2, -0.15) is 0 Å². The molecule has 0 aliphatic rings. The number of carbonyl (C=O) groups is 1.